The smallest absolute Gasteiger partial charge is 0.159 e. The standard InChI is InChI=1S/C15H13NOS/c1-9-4-3-5-12-15(9)18-14-7-6-11(10(2)17)8-13(14)16-12/h3-8,16H,1-2H3. The lowest BCUT2D eigenvalue weighted by Gasteiger charge is -2.22. The lowest BCUT2D eigenvalue weighted by molar-refractivity contribution is 0.101. The van der Waals surface area contributed by atoms with Crippen molar-refractivity contribution in [2.45, 2.75) is 23.6 Å². The van der Waals surface area contributed by atoms with Crippen molar-refractivity contribution in [2.24, 2.45) is 0 Å². The van der Waals surface area contributed by atoms with Crippen LogP contribution in [0.5, 0.6) is 0 Å². The zero-order valence-corrected chi connectivity index (χ0v) is 11.1. The van der Waals surface area contributed by atoms with Crippen LogP contribution in [0.2, 0.25) is 0 Å². The number of carbonyl (C=O) groups is 1. The van der Waals surface area contributed by atoms with E-state index in [1.165, 1.54) is 15.4 Å². The maximum absolute atomic E-state index is 11.4. The normalized spacial score (nSPS) is 12.3. The largest absolute Gasteiger partial charge is 0.354 e. The predicted molar refractivity (Wildman–Crippen MR) is 75.0 cm³/mol. The molecule has 0 fully saturated rings. The number of carbonyl (C=O) groups excluding carboxylic acids is 1. The minimum absolute atomic E-state index is 0.0969. The Morgan fingerprint density at radius 2 is 2.00 bits per heavy atom. The van der Waals surface area contributed by atoms with Gasteiger partial charge in [-0.3, -0.25) is 4.79 Å². The first-order valence-electron chi connectivity index (χ1n) is 5.84. The zero-order valence-electron chi connectivity index (χ0n) is 10.3. The monoisotopic (exact) mass is 255 g/mol. The molecule has 1 aliphatic rings. The van der Waals surface area contributed by atoms with Gasteiger partial charge in [0.2, 0.25) is 0 Å². The van der Waals surface area contributed by atoms with Crippen molar-refractivity contribution in [2.75, 3.05) is 5.32 Å². The highest BCUT2D eigenvalue weighted by molar-refractivity contribution is 7.99. The minimum Gasteiger partial charge on any atom is -0.354 e. The van der Waals surface area contributed by atoms with Gasteiger partial charge in [-0.05, 0) is 37.6 Å². The van der Waals surface area contributed by atoms with E-state index in [9.17, 15) is 4.79 Å². The Morgan fingerprint density at radius 1 is 1.17 bits per heavy atom. The van der Waals surface area contributed by atoms with E-state index in [0.717, 1.165) is 16.9 Å². The summed E-state index contributed by atoms with van der Waals surface area (Å²) in [4.78, 5) is 13.8. The molecule has 0 unspecified atom stereocenters. The summed E-state index contributed by atoms with van der Waals surface area (Å²) in [7, 11) is 0. The van der Waals surface area contributed by atoms with Crippen molar-refractivity contribution in [3.63, 3.8) is 0 Å². The summed E-state index contributed by atoms with van der Waals surface area (Å²) < 4.78 is 0. The second-order valence-electron chi connectivity index (χ2n) is 4.45. The third-order valence-electron chi connectivity index (χ3n) is 3.08. The number of fused-ring (bicyclic) bond motifs is 2. The molecule has 0 saturated carbocycles. The van der Waals surface area contributed by atoms with Gasteiger partial charge in [0.1, 0.15) is 0 Å². The van der Waals surface area contributed by atoms with Crippen molar-refractivity contribution in [1.82, 2.24) is 0 Å². The molecule has 0 bridgehead atoms. The molecule has 1 aliphatic heterocycles. The van der Waals surface area contributed by atoms with E-state index in [2.05, 4.69) is 24.4 Å². The number of nitrogens with one attached hydrogen (secondary N) is 1. The molecule has 0 atom stereocenters. The maximum Gasteiger partial charge on any atom is 0.159 e. The third-order valence-corrected chi connectivity index (χ3v) is 4.40. The Bertz CT molecular complexity index is 649. The average molecular weight is 255 g/mol. The van der Waals surface area contributed by atoms with E-state index < -0.39 is 0 Å². The Balaban J connectivity index is 2.08. The van der Waals surface area contributed by atoms with Crippen LogP contribution in [0.1, 0.15) is 22.8 Å². The number of hydrogen-bond donors (Lipinski definition) is 1. The van der Waals surface area contributed by atoms with Gasteiger partial charge in [0.05, 0.1) is 11.4 Å². The third kappa shape index (κ3) is 1.81. The van der Waals surface area contributed by atoms with Crippen LogP contribution in [0.4, 0.5) is 11.4 Å². The van der Waals surface area contributed by atoms with E-state index >= 15 is 0 Å². The van der Waals surface area contributed by atoms with Gasteiger partial charge in [0, 0.05) is 15.4 Å². The van der Waals surface area contributed by atoms with Crippen molar-refractivity contribution < 1.29 is 4.79 Å². The van der Waals surface area contributed by atoms with Crippen LogP contribution in [0.3, 0.4) is 0 Å². The second kappa shape index (κ2) is 4.18. The first-order chi connectivity index (χ1) is 8.65. The minimum atomic E-state index is 0.0969. The predicted octanol–water partition coefficient (Wildman–Crippen LogP) is 4.41. The fraction of sp³-hybridized carbons (Fsp3) is 0.133. The highest BCUT2D eigenvalue weighted by Crippen LogP contribution is 2.45. The Labute approximate surface area is 110 Å². The van der Waals surface area contributed by atoms with Crippen LogP contribution >= 0.6 is 11.8 Å². The molecule has 3 heteroatoms. The van der Waals surface area contributed by atoms with E-state index in [1.807, 2.05) is 24.3 Å². The van der Waals surface area contributed by atoms with Crippen LogP contribution in [-0.2, 0) is 0 Å². The molecule has 3 rings (SSSR count). The van der Waals surface area contributed by atoms with Crippen LogP contribution < -0.4 is 5.32 Å². The highest BCUT2D eigenvalue weighted by Gasteiger charge is 2.17. The number of rotatable bonds is 1. The number of aryl methyl sites for hydroxylation is 1. The van der Waals surface area contributed by atoms with Crippen LogP contribution in [-0.4, -0.2) is 5.78 Å². The molecular weight excluding hydrogens is 242 g/mol. The summed E-state index contributed by atoms with van der Waals surface area (Å²) in [5.41, 5.74) is 4.16. The summed E-state index contributed by atoms with van der Waals surface area (Å²) in [6.07, 6.45) is 0. The van der Waals surface area contributed by atoms with Crippen LogP contribution in [0.15, 0.2) is 46.2 Å². The summed E-state index contributed by atoms with van der Waals surface area (Å²) in [5, 5.41) is 3.40. The SMILES string of the molecule is CC(=O)c1ccc2c(c1)Nc1cccc(C)c1S2. The Hall–Kier alpha value is -1.74. The summed E-state index contributed by atoms with van der Waals surface area (Å²) in [5.74, 6) is 0.0969. The van der Waals surface area contributed by atoms with Crippen LogP contribution in [0, 0.1) is 6.92 Å². The summed E-state index contributed by atoms with van der Waals surface area (Å²) in [6.45, 7) is 3.71. The van der Waals surface area contributed by atoms with Crippen LogP contribution in [0.25, 0.3) is 0 Å². The molecule has 0 aliphatic carbocycles. The van der Waals surface area contributed by atoms with Gasteiger partial charge in [0.25, 0.3) is 0 Å². The first-order valence-corrected chi connectivity index (χ1v) is 6.66. The molecule has 0 radical (unpaired) electrons. The number of ketones is 1. The van der Waals surface area contributed by atoms with Gasteiger partial charge in [-0.15, -0.1) is 0 Å². The molecule has 90 valence electrons. The van der Waals surface area contributed by atoms with E-state index in [-0.39, 0.29) is 5.78 Å². The molecule has 2 nitrogen and oxygen atoms in total. The maximum atomic E-state index is 11.4. The molecule has 1 heterocycles. The van der Waals surface area contributed by atoms with E-state index in [1.54, 1.807) is 18.7 Å². The van der Waals surface area contributed by atoms with Crippen molar-refractivity contribution in [3.8, 4) is 0 Å². The molecule has 1 N–H and O–H groups in total. The molecule has 2 aromatic carbocycles. The van der Waals surface area contributed by atoms with Gasteiger partial charge >= 0.3 is 0 Å². The molecule has 2 aromatic rings. The quantitative estimate of drug-likeness (QED) is 0.653. The zero-order chi connectivity index (χ0) is 12.7. The van der Waals surface area contributed by atoms with Crippen molar-refractivity contribution >= 4 is 28.9 Å². The molecule has 0 saturated heterocycles. The number of benzene rings is 2. The van der Waals surface area contributed by atoms with Gasteiger partial charge in [0.15, 0.2) is 5.78 Å². The highest BCUT2D eigenvalue weighted by atomic mass is 32.2. The van der Waals surface area contributed by atoms with Crippen molar-refractivity contribution in [1.29, 1.82) is 0 Å². The lowest BCUT2D eigenvalue weighted by atomic mass is 10.1. The number of anilines is 2. The number of Topliss-reactive ketones (excluding diaryl/α,β-unsaturated/α-hetero) is 1. The van der Waals surface area contributed by atoms with Gasteiger partial charge < -0.3 is 5.32 Å². The lowest BCUT2D eigenvalue weighted by Crippen LogP contribution is -2.03. The fourth-order valence-corrected chi connectivity index (χ4v) is 3.11. The van der Waals surface area contributed by atoms with Crippen molar-refractivity contribution in [3.05, 3.63) is 47.5 Å². The first kappa shape index (κ1) is 11.4. The number of hydrogen-bond acceptors (Lipinski definition) is 3. The molecule has 0 spiro atoms. The Morgan fingerprint density at radius 3 is 2.78 bits per heavy atom. The summed E-state index contributed by atoms with van der Waals surface area (Å²) >= 11 is 1.76. The molecule has 0 aromatic heterocycles. The molecular formula is C15H13NOS. The Kier molecular flexibility index (Phi) is 2.63. The van der Waals surface area contributed by atoms with E-state index in [0.29, 0.717) is 0 Å². The fourth-order valence-electron chi connectivity index (χ4n) is 2.08. The summed E-state index contributed by atoms with van der Waals surface area (Å²) in [6, 6.07) is 12.1. The molecule has 18 heavy (non-hydrogen) atoms. The van der Waals surface area contributed by atoms with Gasteiger partial charge in [-0.25, -0.2) is 0 Å². The van der Waals surface area contributed by atoms with Gasteiger partial charge in [-0.1, -0.05) is 30.0 Å². The molecule has 0 amide bonds. The van der Waals surface area contributed by atoms with E-state index in [4.69, 9.17) is 0 Å². The topological polar surface area (TPSA) is 29.1 Å². The second-order valence-corrected chi connectivity index (χ2v) is 5.50. The average Bonchev–Trinajstić information content (AvgIpc) is 2.36. The van der Waals surface area contributed by atoms with Gasteiger partial charge in [-0.2, -0.15) is 0 Å².